The zero-order chi connectivity index (χ0) is 11.1. The number of nitrogens with one attached hydrogen (secondary N) is 2. The lowest BCUT2D eigenvalue weighted by molar-refractivity contribution is 0.241. The van der Waals surface area contributed by atoms with Gasteiger partial charge in [0.05, 0.1) is 6.54 Å². The fourth-order valence-electron chi connectivity index (χ4n) is 1.20. The van der Waals surface area contributed by atoms with Crippen molar-refractivity contribution in [2.75, 3.05) is 6.54 Å². The molecule has 0 saturated carbocycles. The first-order chi connectivity index (χ1) is 7.22. The molecule has 0 atom stereocenters. The molecule has 0 aromatic heterocycles. The summed E-state index contributed by atoms with van der Waals surface area (Å²) >= 11 is 0. The Morgan fingerprint density at radius 1 is 1.47 bits per heavy atom. The van der Waals surface area contributed by atoms with Crippen LogP contribution in [0.4, 0.5) is 4.79 Å². The Morgan fingerprint density at radius 2 is 2.27 bits per heavy atom. The number of hydrogen-bond acceptors (Lipinski definition) is 1. The van der Waals surface area contributed by atoms with Gasteiger partial charge in [-0.3, -0.25) is 0 Å². The topological polar surface area (TPSA) is 41.1 Å². The Balaban J connectivity index is 2.37. The van der Waals surface area contributed by atoms with Crippen molar-refractivity contribution < 1.29 is 4.79 Å². The van der Waals surface area contributed by atoms with Crippen molar-refractivity contribution in [3.8, 4) is 12.3 Å². The Morgan fingerprint density at radius 3 is 2.93 bits per heavy atom. The second kappa shape index (κ2) is 5.71. The van der Waals surface area contributed by atoms with Crippen molar-refractivity contribution in [1.82, 2.24) is 10.6 Å². The summed E-state index contributed by atoms with van der Waals surface area (Å²) in [5.41, 5.74) is 2.25. The molecule has 0 fully saturated rings. The molecule has 3 heteroatoms. The van der Waals surface area contributed by atoms with E-state index in [9.17, 15) is 4.79 Å². The summed E-state index contributed by atoms with van der Waals surface area (Å²) in [6.45, 7) is 2.78. The summed E-state index contributed by atoms with van der Waals surface area (Å²) in [4.78, 5) is 11.1. The van der Waals surface area contributed by atoms with E-state index in [-0.39, 0.29) is 12.6 Å². The van der Waals surface area contributed by atoms with Crippen molar-refractivity contribution in [3.05, 3.63) is 35.4 Å². The molecule has 2 amide bonds. The number of carbonyl (C=O) groups is 1. The van der Waals surface area contributed by atoms with Crippen LogP contribution in [0.25, 0.3) is 0 Å². The number of amides is 2. The van der Waals surface area contributed by atoms with Gasteiger partial charge in [0, 0.05) is 6.54 Å². The highest BCUT2D eigenvalue weighted by Crippen LogP contribution is 2.02. The third-order valence-electron chi connectivity index (χ3n) is 1.89. The molecule has 0 spiro atoms. The highest BCUT2D eigenvalue weighted by atomic mass is 16.2. The summed E-state index contributed by atoms with van der Waals surface area (Å²) in [6.07, 6.45) is 5.01. The zero-order valence-electron chi connectivity index (χ0n) is 8.71. The molecule has 15 heavy (non-hydrogen) atoms. The van der Waals surface area contributed by atoms with Gasteiger partial charge >= 0.3 is 6.03 Å². The molecule has 0 unspecified atom stereocenters. The van der Waals surface area contributed by atoms with Gasteiger partial charge in [-0.25, -0.2) is 4.79 Å². The van der Waals surface area contributed by atoms with Gasteiger partial charge in [0.25, 0.3) is 0 Å². The van der Waals surface area contributed by atoms with Crippen molar-refractivity contribution in [1.29, 1.82) is 0 Å². The van der Waals surface area contributed by atoms with Crippen LogP contribution in [-0.2, 0) is 6.54 Å². The average molecular weight is 202 g/mol. The summed E-state index contributed by atoms with van der Waals surface area (Å²) in [6, 6.07) is 7.73. The van der Waals surface area contributed by atoms with Gasteiger partial charge in [0.15, 0.2) is 0 Å². The van der Waals surface area contributed by atoms with Crippen LogP contribution in [0.2, 0.25) is 0 Å². The monoisotopic (exact) mass is 202 g/mol. The number of terminal acetylenes is 1. The minimum absolute atomic E-state index is 0.241. The largest absolute Gasteiger partial charge is 0.334 e. The van der Waals surface area contributed by atoms with Crippen LogP contribution in [0.3, 0.4) is 0 Å². The lowest BCUT2D eigenvalue weighted by atomic mass is 10.1. The van der Waals surface area contributed by atoms with Crippen LogP contribution in [-0.4, -0.2) is 12.6 Å². The first-order valence-electron chi connectivity index (χ1n) is 4.73. The standard InChI is InChI=1S/C12H14N2O/c1-3-7-13-12(15)14-9-11-6-4-5-10(2)8-11/h1,4-6,8H,7,9H2,2H3,(H2,13,14,15). The molecule has 78 valence electrons. The Hall–Kier alpha value is -1.95. The summed E-state index contributed by atoms with van der Waals surface area (Å²) < 4.78 is 0. The first kappa shape index (κ1) is 11.1. The van der Waals surface area contributed by atoms with Crippen LogP contribution < -0.4 is 10.6 Å². The molecular formula is C12H14N2O. The molecule has 0 radical (unpaired) electrons. The lowest BCUT2D eigenvalue weighted by Crippen LogP contribution is -2.35. The number of carbonyl (C=O) groups excluding carboxylic acids is 1. The summed E-state index contributed by atoms with van der Waals surface area (Å²) in [7, 11) is 0. The Labute approximate surface area is 89.9 Å². The van der Waals surface area contributed by atoms with E-state index < -0.39 is 0 Å². The van der Waals surface area contributed by atoms with E-state index in [4.69, 9.17) is 6.42 Å². The minimum atomic E-state index is -0.241. The van der Waals surface area contributed by atoms with Crippen LogP contribution in [0.15, 0.2) is 24.3 Å². The molecule has 1 aromatic rings. The SMILES string of the molecule is C#CCNC(=O)NCc1cccc(C)c1. The smallest absolute Gasteiger partial charge is 0.315 e. The maximum atomic E-state index is 11.1. The molecule has 3 nitrogen and oxygen atoms in total. The van der Waals surface area contributed by atoms with E-state index in [1.807, 2.05) is 31.2 Å². The number of hydrogen-bond donors (Lipinski definition) is 2. The molecule has 0 aliphatic rings. The van der Waals surface area contributed by atoms with Crippen LogP contribution >= 0.6 is 0 Å². The first-order valence-corrected chi connectivity index (χ1v) is 4.73. The predicted octanol–water partition coefficient (Wildman–Crippen LogP) is 1.43. The average Bonchev–Trinajstić information content (AvgIpc) is 2.23. The van der Waals surface area contributed by atoms with Gasteiger partial charge in [-0.15, -0.1) is 6.42 Å². The maximum Gasteiger partial charge on any atom is 0.315 e. The molecule has 0 heterocycles. The van der Waals surface area contributed by atoms with Gasteiger partial charge in [-0.05, 0) is 12.5 Å². The fourth-order valence-corrected chi connectivity index (χ4v) is 1.20. The van der Waals surface area contributed by atoms with Crippen molar-refractivity contribution in [2.45, 2.75) is 13.5 Å². The molecule has 1 aromatic carbocycles. The highest BCUT2D eigenvalue weighted by Gasteiger charge is 1.98. The Kier molecular flexibility index (Phi) is 4.24. The number of rotatable bonds is 3. The van der Waals surface area contributed by atoms with Gasteiger partial charge in [-0.1, -0.05) is 35.7 Å². The van der Waals surface area contributed by atoms with Gasteiger partial charge in [-0.2, -0.15) is 0 Å². The molecule has 2 N–H and O–H groups in total. The van der Waals surface area contributed by atoms with Crippen molar-refractivity contribution >= 4 is 6.03 Å². The fraction of sp³-hybridized carbons (Fsp3) is 0.250. The lowest BCUT2D eigenvalue weighted by Gasteiger charge is -2.05. The van der Waals surface area contributed by atoms with E-state index in [1.165, 1.54) is 5.56 Å². The van der Waals surface area contributed by atoms with E-state index >= 15 is 0 Å². The molecular weight excluding hydrogens is 188 g/mol. The third-order valence-corrected chi connectivity index (χ3v) is 1.89. The second-order valence-corrected chi connectivity index (χ2v) is 3.23. The maximum absolute atomic E-state index is 11.1. The van der Waals surface area contributed by atoms with Crippen LogP contribution in [0, 0.1) is 19.3 Å². The van der Waals surface area contributed by atoms with E-state index in [2.05, 4.69) is 16.6 Å². The van der Waals surface area contributed by atoms with Gasteiger partial charge in [0.2, 0.25) is 0 Å². The molecule has 1 rings (SSSR count). The predicted molar refractivity (Wildman–Crippen MR) is 60.3 cm³/mol. The van der Waals surface area contributed by atoms with E-state index in [1.54, 1.807) is 0 Å². The third kappa shape index (κ3) is 4.19. The number of benzene rings is 1. The van der Waals surface area contributed by atoms with Crippen molar-refractivity contribution in [2.24, 2.45) is 0 Å². The van der Waals surface area contributed by atoms with Crippen LogP contribution in [0.5, 0.6) is 0 Å². The molecule has 0 aliphatic heterocycles. The molecule has 0 bridgehead atoms. The van der Waals surface area contributed by atoms with Crippen molar-refractivity contribution in [3.63, 3.8) is 0 Å². The summed E-state index contributed by atoms with van der Waals surface area (Å²) in [5.74, 6) is 2.33. The molecule has 0 aliphatic carbocycles. The van der Waals surface area contributed by atoms with Gasteiger partial charge < -0.3 is 10.6 Å². The summed E-state index contributed by atoms with van der Waals surface area (Å²) in [5, 5.41) is 5.25. The highest BCUT2D eigenvalue weighted by molar-refractivity contribution is 5.74. The molecule has 0 saturated heterocycles. The zero-order valence-corrected chi connectivity index (χ0v) is 8.71. The van der Waals surface area contributed by atoms with Crippen LogP contribution in [0.1, 0.15) is 11.1 Å². The second-order valence-electron chi connectivity index (χ2n) is 3.23. The minimum Gasteiger partial charge on any atom is -0.334 e. The Bertz CT molecular complexity index is 379. The quantitative estimate of drug-likeness (QED) is 0.715. The van der Waals surface area contributed by atoms with E-state index in [0.29, 0.717) is 6.54 Å². The number of aryl methyl sites for hydroxylation is 1. The van der Waals surface area contributed by atoms with E-state index in [0.717, 1.165) is 5.56 Å². The van der Waals surface area contributed by atoms with Gasteiger partial charge in [0.1, 0.15) is 0 Å². The number of urea groups is 1. The normalized spacial score (nSPS) is 9.07.